The van der Waals surface area contributed by atoms with E-state index in [4.69, 9.17) is 5.02 Å². The Kier molecular flexibility index (Phi) is 2.72. The number of aromatic nitrogens is 3. The molecule has 0 bridgehead atoms. The van der Waals surface area contributed by atoms with E-state index in [-0.39, 0.29) is 0 Å². The van der Waals surface area contributed by atoms with E-state index in [1.165, 1.54) is 6.20 Å². The number of fused-ring (bicyclic) bond motifs is 1. The number of hydrogen-bond donors (Lipinski definition) is 2. The van der Waals surface area contributed by atoms with E-state index in [1.807, 2.05) is 7.05 Å². The molecule has 75 valence electrons. The molecule has 6 nitrogen and oxygen atoms in total. The zero-order chi connectivity index (χ0) is 10.8. The molecule has 0 atom stereocenters. The lowest BCUT2D eigenvalue weighted by atomic mass is 9.79. The third kappa shape index (κ3) is 1.74. The van der Waals surface area contributed by atoms with Gasteiger partial charge in [-0.15, -0.1) is 0 Å². The van der Waals surface area contributed by atoms with Crippen LogP contribution in [0.2, 0.25) is 0 Å². The minimum Gasteiger partial charge on any atom is -0.449 e. The molecule has 0 unspecified atom stereocenters. The van der Waals surface area contributed by atoms with Crippen LogP contribution in [0.25, 0.3) is 11.0 Å². The SMILES string of the molecule is Cn1cnc2c(B(O)O[B]O)cncc21. The number of imidazole rings is 1. The van der Waals surface area contributed by atoms with Gasteiger partial charge in [0.1, 0.15) is 0 Å². The maximum atomic E-state index is 9.53. The normalized spacial score (nSPS) is 10.6. The molecular weight excluding hydrogens is 196 g/mol. The summed E-state index contributed by atoms with van der Waals surface area (Å²) in [5, 5.41) is 17.9. The van der Waals surface area contributed by atoms with E-state index in [2.05, 4.69) is 14.5 Å². The molecule has 0 aliphatic rings. The largest absolute Gasteiger partial charge is 0.481 e. The summed E-state index contributed by atoms with van der Waals surface area (Å²) in [5.74, 6) is 0. The smallest absolute Gasteiger partial charge is 0.449 e. The van der Waals surface area contributed by atoms with Crippen LogP contribution in [0.3, 0.4) is 0 Å². The standard InChI is InChI=1S/C7H8B2N3O3/c1-12-4-11-7-5(9(14)15-8-13)2-10-3-6(7)12/h2-4,13-14H,1H3. The van der Waals surface area contributed by atoms with Gasteiger partial charge in [0.15, 0.2) is 0 Å². The van der Waals surface area contributed by atoms with Gasteiger partial charge in [0.2, 0.25) is 0 Å². The van der Waals surface area contributed by atoms with Gasteiger partial charge in [0.25, 0.3) is 0 Å². The molecule has 2 heterocycles. The summed E-state index contributed by atoms with van der Waals surface area (Å²) in [5.41, 5.74) is 1.80. The van der Waals surface area contributed by atoms with E-state index >= 15 is 0 Å². The topological polar surface area (TPSA) is 80.4 Å². The van der Waals surface area contributed by atoms with Crippen LogP contribution in [0.15, 0.2) is 18.7 Å². The van der Waals surface area contributed by atoms with Crippen molar-refractivity contribution in [1.29, 1.82) is 0 Å². The average molecular weight is 204 g/mol. The van der Waals surface area contributed by atoms with Crippen molar-refractivity contribution in [2.75, 3.05) is 0 Å². The van der Waals surface area contributed by atoms with Crippen LogP contribution < -0.4 is 5.46 Å². The van der Waals surface area contributed by atoms with Gasteiger partial charge in [-0.2, -0.15) is 0 Å². The second-order valence-electron chi connectivity index (χ2n) is 3.05. The van der Waals surface area contributed by atoms with Gasteiger partial charge < -0.3 is 19.2 Å². The zero-order valence-corrected chi connectivity index (χ0v) is 8.03. The van der Waals surface area contributed by atoms with E-state index in [0.717, 1.165) is 5.52 Å². The number of hydrogen-bond acceptors (Lipinski definition) is 5. The van der Waals surface area contributed by atoms with Crippen molar-refractivity contribution in [3.8, 4) is 0 Å². The van der Waals surface area contributed by atoms with Gasteiger partial charge in [-0.3, -0.25) is 4.98 Å². The molecule has 0 spiro atoms. The van der Waals surface area contributed by atoms with Gasteiger partial charge >= 0.3 is 14.8 Å². The first-order chi connectivity index (χ1) is 7.24. The maximum Gasteiger partial charge on any atom is 0.481 e. The Hall–Kier alpha value is -1.37. The van der Waals surface area contributed by atoms with Crippen LogP contribution in [0.5, 0.6) is 0 Å². The first kappa shape index (κ1) is 10.2. The third-order valence-corrected chi connectivity index (χ3v) is 2.12. The summed E-state index contributed by atoms with van der Waals surface area (Å²) < 4.78 is 6.32. The summed E-state index contributed by atoms with van der Waals surface area (Å²) in [6.45, 7) is 0. The van der Waals surface area contributed by atoms with Gasteiger partial charge in [-0.1, -0.05) is 0 Å². The molecule has 0 saturated heterocycles. The highest BCUT2D eigenvalue weighted by Crippen LogP contribution is 2.07. The molecule has 2 rings (SSSR count). The minimum atomic E-state index is -1.26. The molecular formula is C7H8B2N3O3. The summed E-state index contributed by atoms with van der Waals surface area (Å²) in [4.78, 5) is 8.06. The highest BCUT2D eigenvalue weighted by molar-refractivity contribution is 6.66. The predicted molar refractivity (Wildman–Crippen MR) is 55.2 cm³/mol. The second kappa shape index (κ2) is 4.01. The fourth-order valence-electron chi connectivity index (χ4n) is 1.38. The quantitative estimate of drug-likeness (QED) is 0.576. The molecule has 0 aliphatic carbocycles. The summed E-state index contributed by atoms with van der Waals surface area (Å²) in [7, 11) is 1.000. The molecule has 0 amide bonds. The Morgan fingerprint density at radius 2 is 2.33 bits per heavy atom. The van der Waals surface area contributed by atoms with E-state index in [0.29, 0.717) is 18.7 Å². The van der Waals surface area contributed by atoms with Crippen molar-refractivity contribution in [3.63, 3.8) is 0 Å². The number of nitrogens with zero attached hydrogens (tertiary/aromatic N) is 3. The van der Waals surface area contributed by atoms with Gasteiger partial charge in [0.05, 0.1) is 23.6 Å². The van der Waals surface area contributed by atoms with Crippen molar-refractivity contribution >= 4 is 31.3 Å². The molecule has 1 radical (unpaired) electrons. The molecule has 15 heavy (non-hydrogen) atoms. The van der Waals surface area contributed by atoms with Crippen molar-refractivity contribution in [2.45, 2.75) is 0 Å². The Bertz CT molecular complexity index is 475. The lowest BCUT2D eigenvalue weighted by Crippen LogP contribution is -2.36. The van der Waals surface area contributed by atoms with Gasteiger partial charge in [0, 0.05) is 18.7 Å². The molecule has 2 aromatic rings. The lowest BCUT2D eigenvalue weighted by molar-refractivity contribution is 0.393. The van der Waals surface area contributed by atoms with E-state index < -0.39 is 7.12 Å². The Morgan fingerprint density at radius 1 is 1.53 bits per heavy atom. The average Bonchev–Trinajstić information content (AvgIpc) is 2.61. The first-order valence-electron chi connectivity index (χ1n) is 4.28. The van der Waals surface area contributed by atoms with E-state index in [1.54, 1.807) is 17.1 Å². The van der Waals surface area contributed by atoms with Crippen molar-refractivity contribution < 1.29 is 14.6 Å². The van der Waals surface area contributed by atoms with Crippen molar-refractivity contribution in [1.82, 2.24) is 14.5 Å². The highest BCUT2D eigenvalue weighted by Gasteiger charge is 2.21. The predicted octanol–water partition coefficient (Wildman–Crippen LogP) is -1.80. The lowest BCUT2D eigenvalue weighted by Gasteiger charge is -2.05. The first-order valence-corrected chi connectivity index (χ1v) is 4.28. The monoisotopic (exact) mass is 204 g/mol. The highest BCUT2D eigenvalue weighted by atomic mass is 16.5. The number of rotatable bonds is 3. The molecule has 0 saturated carbocycles. The van der Waals surface area contributed by atoms with Crippen LogP contribution in [0.1, 0.15) is 0 Å². The van der Waals surface area contributed by atoms with Crippen LogP contribution >= 0.6 is 0 Å². The van der Waals surface area contributed by atoms with Crippen LogP contribution in [0.4, 0.5) is 0 Å². The van der Waals surface area contributed by atoms with Gasteiger partial charge in [-0.25, -0.2) is 4.98 Å². The number of aryl methyl sites for hydroxylation is 1. The van der Waals surface area contributed by atoms with Crippen molar-refractivity contribution in [2.24, 2.45) is 7.05 Å². The molecule has 2 aromatic heterocycles. The number of pyridine rings is 1. The minimum absolute atomic E-state index is 0.415. The maximum absolute atomic E-state index is 9.53. The molecule has 0 aliphatic heterocycles. The zero-order valence-electron chi connectivity index (χ0n) is 8.03. The molecule has 0 aromatic carbocycles. The van der Waals surface area contributed by atoms with Crippen molar-refractivity contribution in [3.05, 3.63) is 18.7 Å². The summed E-state index contributed by atoms with van der Waals surface area (Å²) in [6.07, 6.45) is 4.70. The fourth-order valence-corrected chi connectivity index (χ4v) is 1.38. The third-order valence-electron chi connectivity index (χ3n) is 2.12. The summed E-state index contributed by atoms with van der Waals surface area (Å²) in [6, 6.07) is 0. The molecule has 0 fully saturated rings. The summed E-state index contributed by atoms with van der Waals surface area (Å²) >= 11 is 0. The Balaban J connectivity index is 2.51. The second-order valence-corrected chi connectivity index (χ2v) is 3.05. The Morgan fingerprint density at radius 3 is 3.07 bits per heavy atom. The van der Waals surface area contributed by atoms with Gasteiger partial charge in [-0.05, 0) is 0 Å². The molecule has 2 N–H and O–H groups in total. The van der Waals surface area contributed by atoms with Crippen LogP contribution in [0, 0.1) is 0 Å². The molecule has 8 heteroatoms. The van der Waals surface area contributed by atoms with Crippen LogP contribution in [-0.2, 0) is 11.6 Å². The van der Waals surface area contributed by atoms with Crippen LogP contribution in [-0.4, -0.2) is 39.4 Å². The fraction of sp³-hybridized carbons (Fsp3) is 0.143. The van der Waals surface area contributed by atoms with E-state index in [9.17, 15) is 5.02 Å². The Labute approximate surface area is 87.0 Å².